The van der Waals surface area contributed by atoms with Gasteiger partial charge in [-0.05, 0) is 80.3 Å². The van der Waals surface area contributed by atoms with Crippen molar-refractivity contribution in [3.63, 3.8) is 0 Å². The van der Waals surface area contributed by atoms with Crippen molar-refractivity contribution in [2.24, 2.45) is 11.8 Å². The minimum atomic E-state index is -1.68. The fraction of sp³-hybridized carbons (Fsp3) is 0.708. The molecule has 1 aliphatic carbocycles. The highest BCUT2D eigenvalue weighted by Gasteiger charge is 2.40. The van der Waals surface area contributed by atoms with E-state index in [1.807, 2.05) is 12.1 Å². The Labute approximate surface area is 193 Å². The first-order chi connectivity index (χ1) is 14.0. The highest BCUT2D eigenvalue weighted by molar-refractivity contribution is 6.74. The highest BCUT2D eigenvalue weighted by atomic mass is 35.5. The van der Waals surface area contributed by atoms with Crippen LogP contribution in [-0.4, -0.2) is 38.3 Å². The average molecular weight is 471 g/mol. The maximum absolute atomic E-state index is 13.1. The molecule has 1 amide bonds. The average Bonchev–Trinajstić information content (AvgIpc) is 3.02. The molecular formula is C24H37Cl2NO2Si. The number of rotatable bonds is 6. The van der Waals surface area contributed by atoms with Gasteiger partial charge in [0.15, 0.2) is 8.32 Å². The van der Waals surface area contributed by atoms with Crippen LogP contribution in [0.1, 0.15) is 58.4 Å². The molecule has 1 heterocycles. The Bertz CT molecular complexity index is 754. The van der Waals surface area contributed by atoms with Crippen molar-refractivity contribution in [3.05, 3.63) is 33.8 Å². The second kappa shape index (κ2) is 9.52. The van der Waals surface area contributed by atoms with E-state index in [1.54, 1.807) is 6.07 Å². The van der Waals surface area contributed by atoms with Crippen molar-refractivity contribution in [2.45, 2.75) is 83.5 Å². The molecule has 0 N–H and O–H groups in total. The third-order valence-electron chi connectivity index (χ3n) is 7.58. The topological polar surface area (TPSA) is 29.5 Å². The molecule has 2 fully saturated rings. The number of carbonyl (C=O) groups excluding carboxylic acids is 1. The van der Waals surface area contributed by atoms with Gasteiger partial charge in [-0.2, -0.15) is 0 Å². The van der Waals surface area contributed by atoms with Crippen LogP contribution in [0.25, 0.3) is 0 Å². The molecule has 1 aromatic rings. The molecule has 1 saturated heterocycles. The van der Waals surface area contributed by atoms with Crippen LogP contribution in [0.5, 0.6) is 0 Å². The summed E-state index contributed by atoms with van der Waals surface area (Å²) in [4.78, 5) is 15.2. The molecule has 0 bridgehead atoms. The summed E-state index contributed by atoms with van der Waals surface area (Å²) in [5, 5.41) is 1.56. The van der Waals surface area contributed by atoms with Crippen molar-refractivity contribution in [2.75, 3.05) is 13.2 Å². The largest absolute Gasteiger partial charge is 0.417 e. The molecule has 0 spiro atoms. The van der Waals surface area contributed by atoms with Crippen LogP contribution in [0.15, 0.2) is 18.2 Å². The Morgan fingerprint density at radius 2 is 1.77 bits per heavy atom. The van der Waals surface area contributed by atoms with Gasteiger partial charge in [-0.25, -0.2) is 0 Å². The van der Waals surface area contributed by atoms with Gasteiger partial charge in [-0.3, -0.25) is 4.79 Å². The van der Waals surface area contributed by atoms with Gasteiger partial charge in [0.05, 0.1) is 0 Å². The summed E-state index contributed by atoms with van der Waals surface area (Å²) in [6.45, 7) is 13.3. The van der Waals surface area contributed by atoms with Gasteiger partial charge < -0.3 is 9.33 Å². The Morgan fingerprint density at radius 3 is 2.37 bits per heavy atom. The summed E-state index contributed by atoms with van der Waals surface area (Å²) in [5.74, 6) is 0.988. The van der Waals surface area contributed by atoms with E-state index in [-0.39, 0.29) is 11.0 Å². The van der Waals surface area contributed by atoms with E-state index < -0.39 is 8.32 Å². The Balaban J connectivity index is 1.49. The lowest BCUT2D eigenvalue weighted by Gasteiger charge is -2.39. The van der Waals surface area contributed by atoms with E-state index in [9.17, 15) is 4.79 Å². The lowest BCUT2D eigenvalue weighted by molar-refractivity contribution is -0.133. The number of carbonyl (C=O) groups is 1. The Kier molecular flexibility index (Phi) is 7.65. The van der Waals surface area contributed by atoms with Gasteiger partial charge in [0.2, 0.25) is 5.91 Å². The van der Waals surface area contributed by atoms with Gasteiger partial charge in [0.25, 0.3) is 0 Å². The second-order valence-electron chi connectivity index (χ2n) is 10.7. The molecule has 1 atom stereocenters. The first-order valence-electron chi connectivity index (χ1n) is 11.4. The number of nitrogens with zero attached hydrogens (tertiary/aromatic N) is 1. The van der Waals surface area contributed by atoms with Crippen LogP contribution in [0, 0.1) is 11.8 Å². The third-order valence-corrected chi connectivity index (χ3v) is 12.7. The van der Waals surface area contributed by atoms with E-state index >= 15 is 0 Å². The zero-order chi connectivity index (χ0) is 22.1. The molecule has 1 saturated carbocycles. The quantitative estimate of drug-likeness (QED) is 0.421. The van der Waals surface area contributed by atoms with Crippen molar-refractivity contribution in [1.29, 1.82) is 0 Å². The summed E-state index contributed by atoms with van der Waals surface area (Å²) >= 11 is 12.3. The standard InChI is InChI=1S/C24H37Cl2NO2Si/c1-24(2,3)30(4,5)29-16-17-6-10-21(11-7-17)27-13-12-19(23(27)28)14-18-8-9-20(25)15-22(18)26/h8-9,15,17,19,21H,6-7,10-14,16H2,1-5H3/t17-,19?,21+. The minimum absolute atomic E-state index is 0.0447. The van der Waals surface area contributed by atoms with Gasteiger partial charge in [0.1, 0.15) is 0 Å². The maximum Gasteiger partial charge on any atom is 0.226 e. The third kappa shape index (κ3) is 5.62. The lowest BCUT2D eigenvalue weighted by atomic mass is 9.86. The second-order valence-corrected chi connectivity index (χ2v) is 16.4. The summed E-state index contributed by atoms with van der Waals surface area (Å²) in [5.41, 5.74) is 1.02. The number of amides is 1. The number of halogens is 2. The van der Waals surface area contributed by atoms with Gasteiger partial charge in [-0.1, -0.05) is 50.0 Å². The SMILES string of the molecule is CC(C)(C)[Si](C)(C)OC[C@H]1CC[C@@H](N2CCC(Cc3ccc(Cl)cc3Cl)C2=O)CC1. The molecule has 0 aromatic heterocycles. The Hall–Kier alpha value is -0.553. The molecule has 1 aliphatic heterocycles. The van der Waals surface area contributed by atoms with Gasteiger partial charge >= 0.3 is 0 Å². The molecule has 3 nitrogen and oxygen atoms in total. The van der Waals surface area contributed by atoms with Crippen LogP contribution in [0.3, 0.4) is 0 Å². The fourth-order valence-corrected chi connectivity index (χ4v) is 6.00. The number of benzene rings is 1. The van der Waals surface area contributed by atoms with E-state index in [4.69, 9.17) is 27.6 Å². The van der Waals surface area contributed by atoms with Gasteiger partial charge in [0, 0.05) is 35.2 Å². The Morgan fingerprint density at radius 1 is 1.10 bits per heavy atom. The summed E-state index contributed by atoms with van der Waals surface area (Å²) in [7, 11) is -1.68. The summed E-state index contributed by atoms with van der Waals surface area (Å²) < 4.78 is 6.45. The molecule has 30 heavy (non-hydrogen) atoms. The van der Waals surface area contributed by atoms with Crippen molar-refractivity contribution in [3.8, 4) is 0 Å². The maximum atomic E-state index is 13.1. The molecule has 1 aromatic carbocycles. The number of hydrogen-bond donors (Lipinski definition) is 0. The van der Waals surface area contributed by atoms with E-state index in [0.29, 0.717) is 34.3 Å². The summed E-state index contributed by atoms with van der Waals surface area (Å²) in [6, 6.07) is 5.97. The minimum Gasteiger partial charge on any atom is -0.417 e. The van der Waals surface area contributed by atoms with E-state index in [2.05, 4.69) is 38.8 Å². The fourth-order valence-electron chi connectivity index (χ4n) is 4.43. The van der Waals surface area contributed by atoms with Crippen LogP contribution < -0.4 is 0 Å². The molecule has 3 rings (SSSR count). The normalized spacial score (nSPS) is 25.8. The van der Waals surface area contributed by atoms with Crippen molar-refractivity contribution in [1.82, 2.24) is 4.90 Å². The molecular weight excluding hydrogens is 433 g/mol. The smallest absolute Gasteiger partial charge is 0.226 e. The monoisotopic (exact) mass is 469 g/mol. The van der Waals surface area contributed by atoms with Gasteiger partial charge in [-0.15, -0.1) is 0 Å². The number of likely N-dealkylation sites (tertiary alicyclic amines) is 1. The predicted molar refractivity (Wildman–Crippen MR) is 129 cm³/mol. The first-order valence-corrected chi connectivity index (χ1v) is 15.0. The van der Waals surface area contributed by atoms with Crippen molar-refractivity contribution < 1.29 is 9.22 Å². The predicted octanol–water partition coefficient (Wildman–Crippen LogP) is 6.97. The molecule has 2 aliphatic rings. The van der Waals surface area contributed by atoms with Crippen LogP contribution in [0.4, 0.5) is 0 Å². The lowest BCUT2D eigenvalue weighted by Crippen LogP contribution is -2.43. The summed E-state index contributed by atoms with van der Waals surface area (Å²) in [6.07, 6.45) is 6.16. The number of hydrogen-bond acceptors (Lipinski definition) is 2. The van der Waals surface area contributed by atoms with Crippen LogP contribution in [0.2, 0.25) is 28.2 Å². The van der Waals surface area contributed by atoms with E-state index in [0.717, 1.165) is 50.8 Å². The van der Waals surface area contributed by atoms with Crippen LogP contribution >= 0.6 is 23.2 Å². The first kappa shape index (κ1) is 24.1. The molecule has 0 radical (unpaired) electrons. The zero-order valence-electron chi connectivity index (χ0n) is 19.1. The van der Waals surface area contributed by atoms with Crippen LogP contribution in [-0.2, 0) is 15.6 Å². The van der Waals surface area contributed by atoms with Crippen molar-refractivity contribution >= 4 is 37.4 Å². The molecule has 1 unspecified atom stereocenters. The molecule has 168 valence electrons. The van der Waals surface area contributed by atoms with E-state index in [1.165, 1.54) is 0 Å². The highest BCUT2D eigenvalue weighted by Crippen LogP contribution is 2.38. The zero-order valence-corrected chi connectivity index (χ0v) is 21.7. The molecule has 6 heteroatoms.